The number of aliphatic carboxylic acids is 1. The SMILES string of the molecule is NC(=O)CCC(NC(=O)c1cccc(Nc2nccs2)c1)C(=O)O. The summed E-state index contributed by atoms with van der Waals surface area (Å²) in [5.41, 5.74) is 5.96. The third-order valence-electron chi connectivity index (χ3n) is 3.09. The highest BCUT2D eigenvalue weighted by molar-refractivity contribution is 7.13. The molecule has 0 fully saturated rings. The molecule has 2 aromatic rings. The van der Waals surface area contributed by atoms with Crippen molar-refractivity contribution in [1.82, 2.24) is 10.3 Å². The first-order valence-electron chi connectivity index (χ1n) is 7.04. The minimum Gasteiger partial charge on any atom is -0.480 e. The summed E-state index contributed by atoms with van der Waals surface area (Å²) in [6.45, 7) is 0. The number of nitrogens with two attached hydrogens (primary N) is 1. The number of nitrogens with one attached hydrogen (secondary N) is 2. The van der Waals surface area contributed by atoms with E-state index in [0.717, 1.165) is 0 Å². The number of anilines is 2. The Morgan fingerprint density at radius 1 is 1.33 bits per heavy atom. The van der Waals surface area contributed by atoms with E-state index in [9.17, 15) is 14.4 Å². The highest BCUT2D eigenvalue weighted by Crippen LogP contribution is 2.19. The first-order chi connectivity index (χ1) is 11.5. The predicted octanol–water partition coefficient (Wildman–Crippen LogP) is 1.34. The molecule has 0 aliphatic rings. The van der Waals surface area contributed by atoms with Crippen molar-refractivity contribution in [2.24, 2.45) is 5.73 Å². The summed E-state index contributed by atoms with van der Waals surface area (Å²) in [6.07, 6.45) is 1.47. The van der Waals surface area contributed by atoms with Gasteiger partial charge in [0.25, 0.3) is 5.91 Å². The van der Waals surface area contributed by atoms with Crippen molar-refractivity contribution < 1.29 is 19.5 Å². The number of amides is 2. The normalized spacial score (nSPS) is 11.5. The van der Waals surface area contributed by atoms with Gasteiger partial charge in [-0.25, -0.2) is 9.78 Å². The topological polar surface area (TPSA) is 134 Å². The van der Waals surface area contributed by atoms with E-state index >= 15 is 0 Å². The van der Waals surface area contributed by atoms with Gasteiger partial charge in [-0.3, -0.25) is 9.59 Å². The number of carboxylic acids is 1. The Morgan fingerprint density at radius 2 is 2.12 bits per heavy atom. The molecule has 1 aromatic carbocycles. The van der Waals surface area contributed by atoms with Gasteiger partial charge in [0, 0.05) is 29.2 Å². The summed E-state index contributed by atoms with van der Waals surface area (Å²) in [4.78, 5) is 38.3. The Hall–Kier alpha value is -2.94. The number of hydrogen-bond donors (Lipinski definition) is 4. The zero-order valence-electron chi connectivity index (χ0n) is 12.6. The highest BCUT2D eigenvalue weighted by atomic mass is 32.1. The lowest BCUT2D eigenvalue weighted by Crippen LogP contribution is -2.41. The lowest BCUT2D eigenvalue weighted by molar-refractivity contribution is -0.139. The van der Waals surface area contributed by atoms with Crippen molar-refractivity contribution in [2.45, 2.75) is 18.9 Å². The molecule has 8 nitrogen and oxygen atoms in total. The molecule has 0 radical (unpaired) electrons. The zero-order valence-corrected chi connectivity index (χ0v) is 13.4. The van der Waals surface area contributed by atoms with E-state index in [-0.39, 0.29) is 12.8 Å². The standard InChI is InChI=1S/C15H16N4O4S/c16-12(20)5-4-11(14(22)23)19-13(21)9-2-1-3-10(8-9)18-15-17-6-7-24-15/h1-3,6-8,11H,4-5H2,(H2,16,20)(H,17,18)(H,19,21)(H,22,23). The molecule has 2 rings (SSSR count). The second-order valence-corrected chi connectivity index (χ2v) is 5.81. The summed E-state index contributed by atoms with van der Waals surface area (Å²) < 4.78 is 0. The fourth-order valence-corrected chi connectivity index (χ4v) is 2.48. The second-order valence-electron chi connectivity index (χ2n) is 4.91. The number of hydrogen-bond acceptors (Lipinski definition) is 6. The first kappa shape index (κ1) is 17.4. The van der Waals surface area contributed by atoms with Crippen molar-refractivity contribution in [1.29, 1.82) is 0 Å². The molecular formula is C15H16N4O4S. The average Bonchev–Trinajstić information content (AvgIpc) is 3.04. The van der Waals surface area contributed by atoms with E-state index in [1.165, 1.54) is 11.3 Å². The molecule has 0 saturated carbocycles. The van der Waals surface area contributed by atoms with Crippen LogP contribution in [0.5, 0.6) is 0 Å². The van der Waals surface area contributed by atoms with E-state index in [1.807, 2.05) is 5.38 Å². The molecule has 0 aliphatic carbocycles. The number of thiazole rings is 1. The van der Waals surface area contributed by atoms with E-state index in [2.05, 4.69) is 15.6 Å². The maximum atomic E-state index is 12.2. The van der Waals surface area contributed by atoms with Crippen molar-refractivity contribution >= 4 is 39.9 Å². The Morgan fingerprint density at radius 3 is 2.75 bits per heavy atom. The van der Waals surface area contributed by atoms with Gasteiger partial charge >= 0.3 is 5.97 Å². The second kappa shape index (κ2) is 8.06. The van der Waals surface area contributed by atoms with Gasteiger partial charge in [0.1, 0.15) is 6.04 Å². The molecule has 0 aliphatic heterocycles. The minimum atomic E-state index is -1.22. The van der Waals surface area contributed by atoms with E-state index < -0.39 is 23.8 Å². The summed E-state index contributed by atoms with van der Waals surface area (Å²) >= 11 is 1.41. The maximum absolute atomic E-state index is 12.2. The van der Waals surface area contributed by atoms with Crippen LogP contribution in [0.1, 0.15) is 23.2 Å². The molecule has 2 amide bonds. The minimum absolute atomic E-state index is 0.0620. The molecule has 0 bridgehead atoms. The van der Waals surface area contributed by atoms with Crippen LogP contribution in [-0.4, -0.2) is 33.9 Å². The first-order valence-corrected chi connectivity index (χ1v) is 7.92. The Balaban J connectivity index is 2.05. The van der Waals surface area contributed by atoms with Gasteiger partial charge in [-0.15, -0.1) is 11.3 Å². The van der Waals surface area contributed by atoms with E-state index in [1.54, 1.807) is 30.5 Å². The van der Waals surface area contributed by atoms with Crippen molar-refractivity contribution in [3.8, 4) is 0 Å². The maximum Gasteiger partial charge on any atom is 0.326 e. The molecule has 126 valence electrons. The number of primary amides is 1. The molecule has 1 unspecified atom stereocenters. The lowest BCUT2D eigenvalue weighted by atomic mass is 10.1. The van der Waals surface area contributed by atoms with Gasteiger partial charge in [-0.1, -0.05) is 6.07 Å². The number of rotatable bonds is 8. The molecule has 1 aromatic heterocycles. The molecule has 24 heavy (non-hydrogen) atoms. The third-order valence-corrected chi connectivity index (χ3v) is 3.78. The van der Waals surface area contributed by atoms with Crippen LogP contribution in [0, 0.1) is 0 Å². The van der Waals surface area contributed by atoms with E-state index in [4.69, 9.17) is 10.8 Å². The smallest absolute Gasteiger partial charge is 0.326 e. The van der Waals surface area contributed by atoms with Crippen molar-refractivity contribution in [3.05, 3.63) is 41.4 Å². The van der Waals surface area contributed by atoms with Crippen LogP contribution >= 0.6 is 11.3 Å². The third kappa shape index (κ3) is 5.06. The van der Waals surface area contributed by atoms with Crippen LogP contribution in [0.3, 0.4) is 0 Å². The molecular weight excluding hydrogens is 332 g/mol. The molecule has 5 N–H and O–H groups in total. The summed E-state index contributed by atoms with van der Waals surface area (Å²) in [7, 11) is 0. The molecule has 0 spiro atoms. The van der Waals surface area contributed by atoms with Crippen molar-refractivity contribution in [3.63, 3.8) is 0 Å². The van der Waals surface area contributed by atoms with Gasteiger partial charge < -0.3 is 21.5 Å². The molecule has 1 atom stereocenters. The van der Waals surface area contributed by atoms with E-state index in [0.29, 0.717) is 16.4 Å². The number of carbonyl (C=O) groups excluding carboxylic acids is 2. The van der Waals surface area contributed by atoms with Crippen LogP contribution < -0.4 is 16.4 Å². The highest BCUT2D eigenvalue weighted by Gasteiger charge is 2.21. The van der Waals surface area contributed by atoms with Crippen molar-refractivity contribution in [2.75, 3.05) is 5.32 Å². The molecule has 1 heterocycles. The van der Waals surface area contributed by atoms with Crippen LogP contribution in [0.25, 0.3) is 0 Å². The Bertz CT molecular complexity index is 733. The van der Waals surface area contributed by atoms with Crippen LogP contribution in [0.4, 0.5) is 10.8 Å². The quantitative estimate of drug-likeness (QED) is 0.568. The number of aromatic nitrogens is 1. The predicted molar refractivity (Wildman–Crippen MR) is 89.2 cm³/mol. The lowest BCUT2D eigenvalue weighted by Gasteiger charge is -2.14. The number of nitrogens with zero attached hydrogens (tertiary/aromatic N) is 1. The van der Waals surface area contributed by atoms with Gasteiger partial charge in [-0.2, -0.15) is 0 Å². The Kier molecular flexibility index (Phi) is 5.85. The number of benzene rings is 1. The summed E-state index contributed by atoms with van der Waals surface area (Å²) in [6, 6.07) is 5.41. The van der Waals surface area contributed by atoms with Crippen LogP contribution in [0.2, 0.25) is 0 Å². The molecule has 9 heteroatoms. The molecule has 0 saturated heterocycles. The van der Waals surface area contributed by atoms with Gasteiger partial charge in [0.15, 0.2) is 5.13 Å². The summed E-state index contributed by atoms with van der Waals surface area (Å²) in [5.74, 6) is -2.39. The van der Waals surface area contributed by atoms with Crippen LogP contribution in [-0.2, 0) is 9.59 Å². The largest absolute Gasteiger partial charge is 0.480 e. The monoisotopic (exact) mass is 348 g/mol. The number of carbonyl (C=O) groups is 3. The fraction of sp³-hybridized carbons (Fsp3) is 0.200. The van der Waals surface area contributed by atoms with Gasteiger partial charge in [0.2, 0.25) is 5.91 Å². The fourth-order valence-electron chi connectivity index (χ4n) is 1.93. The Labute approximate surface area is 141 Å². The van der Waals surface area contributed by atoms with Gasteiger partial charge in [-0.05, 0) is 24.6 Å². The zero-order chi connectivity index (χ0) is 17.5. The number of carboxylic acid groups (broad SMARTS) is 1. The van der Waals surface area contributed by atoms with Gasteiger partial charge in [0.05, 0.1) is 0 Å². The van der Waals surface area contributed by atoms with Crippen LogP contribution in [0.15, 0.2) is 35.8 Å². The summed E-state index contributed by atoms with van der Waals surface area (Å²) in [5, 5.41) is 17.0. The average molecular weight is 348 g/mol.